The van der Waals surface area contributed by atoms with Crippen molar-refractivity contribution in [3.63, 3.8) is 0 Å². The Balaban J connectivity index is 1.03. The van der Waals surface area contributed by atoms with Crippen molar-refractivity contribution in [2.45, 2.75) is 38.5 Å². The monoisotopic (exact) mass is 1010 g/mol. The average Bonchev–Trinajstić information content (AvgIpc) is 3.64. The second kappa shape index (κ2) is 16.9. The largest absolute Gasteiger partial charge is 0.309 e. The molecular weight excluding hydrogens is 955 g/mol. The zero-order chi connectivity index (χ0) is 52.7. The third-order valence-electron chi connectivity index (χ3n) is 17.9. The Labute approximate surface area is 460 Å². The van der Waals surface area contributed by atoms with E-state index >= 15 is 0 Å². The molecule has 0 aliphatic heterocycles. The fourth-order valence-corrected chi connectivity index (χ4v) is 14.3. The SMILES string of the molecule is CC1(C)c2ccccc2-c2c1cc(N(c1ccccc1)c1cc3c(c4ccccc14)c1c4ccccc4c(N(c4ccccc4)c4cc5c(c6ccccc46)-c4ccccc4C5(C)C)cc1n3-c1ccccc1)c1ccccc21. The lowest BCUT2D eigenvalue weighted by atomic mass is 9.81. The minimum absolute atomic E-state index is 0.210. The Morgan fingerprint density at radius 2 is 0.582 bits per heavy atom. The van der Waals surface area contributed by atoms with Crippen molar-refractivity contribution >= 4 is 99.0 Å². The van der Waals surface area contributed by atoms with Crippen LogP contribution in [0.3, 0.4) is 0 Å². The molecule has 0 fully saturated rings. The maximum Gasteiger partial charge on any atom is 0.0568 e. The van der Waals surface area contributed by atoms with E-state index in [4.69, 9.17) is 0 Å². The molecule has 2 aliphatic rings. The first-order valence-electron chi connectivity index (χ1n) is 27.8. The molecule has 0 spiro atoms. The zero-order valence-electron chi connectivity index (χ0n) is 44.7. The molecule has 3 nitrogen and oxygen atoms in total. The van der Waals surface area contributed by atoms with Crippen molar-refractivity contribution < 1.29 is 0 Å². The van der Waals surface area contributed by atoms with Gasteiger partial charge in [0.2, 0.25) is 0 Å². The molecule has 1 heterocycles. The maximum atomic E-state index is 2.55. The Hall–Kier alpha value is -9.70. The molecule has 79 heavy (non-hydrogen) atoms. The molecule has 1 aromatic heterocycles. The number of benzene rings is 13. The molecule has 2 aliphatic carbocycles. The van der Waals surface area contributed by atoms with Gasteiger partial charge in [-0.2, -0.15) is 0 Å². The molecule has 0 saturated carbocycles. The third-order valence-corrected chi connectivity index (χ3v) is 17.9. The van der Waals surface area contributed by atoms with Crippen molar-refractivity contribution in [3.8, 4) is 27.9 Å². The fraction of sp³-hybridized carbons (Fsp3) is 0.0789. The van der Waals surface area contributed by atoms with Crippen molar-refractivity contribution in [3.05, 3.63) is 283 Å². The highest BCUT2D eigenvalue weighted by Crippen LogP contribution is 2.58. The van der Waals surface area contributed by atoms with Crippen LogP contribution in [0.2, 0.25) is 0 Å². The predicted molar refractivity (Wildman–Crippen MR) is 335 cm³/mol. The number of para-hydroxylation sites is 3. The predicted octanol–water partition coefficient (Wildman–Crippen LogP) is 20.9. The standard InChI is InChI=1S/C76H55N3/c1-75(2)61-42-24-22-40-59(61)71-55-36-18-14-32-51(55)65(44-63(71)75)77(48-26-8-5-9-27-48)67-46-69-73(57-38-20-16-34-53(57)67)74-58-39-21-17-35-54(58)68(47-70(74)79(69)50-30-12-7-13-31-50)78(49-28-10-6-11-29-49)66-45-64-72(56-37-19-15-33-52(56)66)60-41-23-25-43-62(60)76(64,3)4/h5-47H,1-4H3. The number of fused-ring (bicyclic) bond motifs is 17. The van der Waals surface area contributed by atoms with Gasteiger partial charge in [0.1, 0.15) is 0 Å². The van der Waals surface area contributed by atoms with E-state index in [2.05, 4.69) is 303 Å². The van der Waals surface area contributed by atoms with E-state index in [0.717, 1.165) is 50.8 Å². The van der Waals surface area contributed by atoms with Crippen LogP contribution in [0.5, 0.6) is 0 Å². The topological polar surface area (TPSA) is 11.4 Å². The molecule has 0 N–H and O–H groups in total. The number of nitrogens with zero attached hydrogens (tertiary/aromatic N) is 3. The van der Waals surface area contributed by atoms with Gasteiger partial charge in [0, 0.05) is 60.2 Å². The molecule has 13 aromatic carbocycles. The number of anilines is 6. The molecule has 0 amide bonds. The van der Waals surface area contributed by atoms with Crippen LogP contribution < -0.4 is 9.80 Å². The minimum Gasteiger partial charge on any atom is -0.309 e. The van der Waals surface area contributed by atoms with Gasteiger partial charge in [-0.3, -0.25) is 0 Å². The summed E-state index contributed by atoms with van der Waals surface area (Å²) in [6, 6.07) is 97.5. The van der Waals surface area contributed by atoms with Crippen molar-refractivity contribution in [2.75, 3.05) is 9.80 Å². The van der Waals surface area contributed by atoms with Gasteiger partial charge in [0.15, 0.2) is 0 Å². The lowest BCUT2D eigenvalue weighted by Gasteiger charge is -2.31. The summed E-state index contributed by atoms with van der Waals surface area (Å²) < 4.78 is 2.55. The molecule has 0 atom stereocenters. The van der Waals surface area contributed by atoms with Gasteiger partial charge in [-0.05, 0) is 127 Å². The van der Waals surface area contributed by atoms with Gasteiger partial charge in [-0.1, -0.05) is 228 Å². The summed E-state index contributed by atoms with van der Waals surface area (Å²) in [5, 5.41) is 12.2. The van der Waals surface area contributed by atoms with Gasteiger partial charge < -0.3 is 14.4 Å². The van der Waals surface area contributed by atoms with Gasteiger partial charge in [-0.15, -0.1) is 0 Å². The smallest absolute Gasteiger partial charge is 0.0568 e. The van der Waals surface area contributed by atoms with E-state index < -0.39 is 0 Å². The first-order valence-corrected chi connectivity index (χ1v) is 27.8. The molecule has 14 aromatic rings. The zero-order valence-corrected chi connectivity index (χ0v) is 44.7. The summed E-state index contributed by atoms with van der Waals surface area (Å²) in [7, 11) is 0. The van der Waals surface area contributed by atoms with E-state index in [1.54, 1.807) is 0 Å². The second-order valence-corrected chi connectivity index (χ2v) is 22.8. The van der Waals surface area contributed by atoms with Crippen molar-refractivity contribution in [2.24, 2.45) is 0 Å². The third kappa shape index (κ3) is 6.42. The quantitative estimate of drug-likeness (QED) is 0.158. The number of hydrogen-bond donors (Lipinski definition) is 0. The Bertz CT molecular complexity index is 4550. The maximum absolute atomic E-state index is 2.55. The lowest BCUT2D eigenvalue weighted by molar-refractivity contribution is 0.661. The van der Waals surface area contributed by atoms with Crippen molar-refractivity contribution in [1.29, 1.82) is 0 Å². The second-order valence-electron chi connectivity index (χ2n) is 22.8. The van der Waals surface area contributed by atoms with E-state index in [0.29, 0.717) is 0 Å². The first-order chi connectivity index (χ1) is 38.8. The van der Waals surface area contributed by atoms with Crippen molar-refractivity contribution in [1.82, 2.24) is 4.57 Å². The van der Waals surface area contributed by atoms with Gasteiger partial charge in [0.25, 0.3) is 0 Å². The van der Waals surface area contributed by atoms with Crippen LogP contribution >= 0.6 is 0 Å². The molecule has 0 saturated heterocycles. The molecule has 3 heteroatoms. The lowest BCUT2D eigenvalue weighted by Crippen LogP contribution is -2.17. The van der Waals surface area contributed by atoms with Crippen LogP contribution in [-0.2, 0) is 10.8 Å². The first kappa shape index (κ1) is 45.5. The summed E-state index contributed by atoms with van der Waals surface area (Å²) in [4.78, 5) is 5.10. The van der Waals surface area contributed by atoms with Crippen LogP contribution in [0.15, 0.2) is 261 Å². The fourth-order valence-electron chi connectivity index (χ4n) is 14.3. The number of aromatic nitrogens is 1. The summed E-state index contributed by atoms with van der Waals surface area (Å²) in [5.74, 6) is 0. The van der Waals surface area contributed by atoms with E-state index in [1.807, 2.05) is 0 Å². The summed E-state index contributed by atoms with van der Waals surface area (Å²) in [6.07, 6.45) is 0. The van der Waals surface area contributed by atoms with Crippen LogP contribution in [0, 0.1) is 0 Å². The Morgan fingerprint density at radius 3 is 0.987 bits per heavy atom. The molecule has 0 bridgehead atoms. The van der Waals surface area contributed by atoms with E-state index in [-0.39, 0.29) is 10.8 Å². The summed E-state index contributed by atoms with van der Waals surface area (Å²) >= 11 is 0. The minimum atomic E-state index is -0.210. The van der Waals surface area contributed by atoms with Crippen LogP contribution in [0.25, 0.3) is 92.8 Å². The van der Waals surface area contributed by atoms with Gasteiger partial charge in [-0.25, -0.2) is 0 Å². The molecule has 0 radical (unpaired) electrons. The van der Waals surface area contributed by atoms with Gasteiger partial charge in [0.05, 0.1) is 33.8 Å². The van der Waals surface area contributed by atoms with Crippen LogP contribution in [0.4, 0.5) is 34.1 Å². The van der Waals surface area contributed by atoms with E-state index in [9.17, 15) is 0 Å². The highest BCUT2D eigenvalue weighted by Gasteiger charge is 2.40. The summed E-state index contributed by atoms with van der Waals surface area (Å²) in [6.45, 7) is 9.58. The number of rotatable bonds is 7. The molecule has 374 valence electrons. The van der Waals surface area contributed by atoms with Crippen LogP contribution in [-0.4, -0.2) is 4.57 Å². The summed E-state index contributed by atoms with van der Waals surface area (Å²) in [5.41, 5.74) is 20.5. The average molecular weight is 1010 g/mol. The Kier molecular flexibility index (Phi) is 9.73. The molecular formula is C76H55N3. The highest BCUT2D eigenvalue weighted by molar-refractivity contribution is 6.32. The Morgan fingerprint density at radius 1 is 0.278 bits per heavy atom. The highest BCUT2D eigenvalue weighted by atomic mass is 15.2. The number of hydrogen-bond acceptors (Lipinski definition) is 2. The van der Waals surface area contributed by atoms with Crippen LogP contribution in [0.1, 0.15) is 49.9 Å². The van der Waals surface area contributed by atoms with E-state index in [1.165, 1.54) is 98.4 Å². The molecule has 16 rings (SSSR count). The molecule has 0 unspecified atom stereocenters. The normalized spacial score (nSPS) is 13.8. The van der Waals surface area contributed by atoms with Gasteiger partial charge >= 0.3 is 0 Å².